The zero-order valence-corrected chi connectivity index (χ0v) is 11.0. The number of hydrogen-bond acceptors (Lipinski definition) is 2. The van der Waals surface area contributed by atoms with Gasteiger partial charge in [0.2, 0.25) is 5.91 Å². The minimum Gasteiger partial charge on any atom is -0.326 e. The topological polar surface area (TPSA) is 55.1 Å². The molecule has 0 aliphatic carbocycles. The van der Waals surface area contributed by atoms with Crippen molar-refractivity contribution < 1.29 is 4.79 Å². The molecule has 2 aromatic rings. The van der Waals surface area contributed by atoms with E-state index in [-0.39, 0.29) is 5.91 Å². The highest BCUT2D eigenvalue weighted by Crippen LogP contribution is 2.12. The van der Waals surface area contributed by atoms with Gasteiger partial charge in [-0.25, -0.2) is 0 Å². The summed E-state index contributed by atoms with van der Waals surface area (Å²) in [7, 11) is 0. The van der Waals surface area contributed by atoms with Gasteiger partial charge in [-0.1, -0.05) is 42.0 Å². The van der Waals surface area contributed by atoms with E-state index >= 15 is 0 Å². The average Bonchev–Trinajstić information content (AvgIpc) is 2.42. The summed E-state index contributed by atoms with van der Waals surface area (Å²) in [5.74, 6) is -0.0234. The first-order chi connectivity index (χ1) is 9.19. The third kappa shape index (κ3) is 3.66. The van der Waals surface area contributed by atoms with Crippen LogP contribution in [0.25, 0.3) is 0 Å². The van der Waals surface area contributed by atoms with E-state index in [4.69, 9.17) is 5.73 Å². The van der Waals surface area contributed by atoms with Gasteiger partial charge in [-0.3, -0.25) is 4.79 Å². The van der Waals surface area contributed by atoms with E-state index in [9.17, 15) is 4.79 Å². The first-order valence-corrected chi connectivity index (χ1v) is 6.32. The molecule has 1 amide bonds. The van der Waals surface area contributed by atoms with Crippen LogP contribution in [0, 0.1) is 6.92 Å². The molecule has 3 nitrogen and oxygen atoms in total. The maximum absolute atomic E-state index is 12.0. The number of hydrogen-bond donors (Lipinski definition) is 2. The molecule has 0 radical (unpaired) electrons. The Kier molecular flexibility index (Phi) is 4.31. The fraction of sp³-hybridized carbons (Fsp3) is 0.188. The lowest BCUT2D eigenvalue weighted by Gasteiger charge is -2.08. The van der Waals surface area contributed by atoms with Crippen LogP contribution in [0.2, 0.25) is 0 Å². The van der Waals surface area contributed by atoms with E-state index in [0.717, 1.165) is 16.8 Å². The highest BCUT2D eigenvalue weighted by atomic mass is 16.1. The van der Waals surface area contributed by atoms with Gasteiger partial charge in [-0.15, -0.1) is 0 Å². The Labute approximate surface area is 113 Å². The van der Waals surface area contributed by atoms with Gasteiger partial charge in [0, 0.05) is 12.2 Å². The van der Waals surface area contributed by atoms with Crippen molar-refractivity contribution in [1.29, 1.82) is 0 Å². The quantitative estimate of drug-likeness (QED) is 0.881. The van der Waals surface area contributed by atoms with Crippen LogP contribution in [0.5, 0.6) is 0 Å². The number of amides is 1. The van der Waals surface area contributed by atoms with Gasteiger partial charge >= 0.3 is 0 Å². The molecule has 3 heteroatoms. The number of carbonyl (C=O) groups is 1. The molecule has 0 saturated carbocycles. The molecule has 0 unspecified atom stereocenters. The fourth-order valence-electron chi connectivity index (χ4n) is 1.94. The number of carbonyl (C=O) groups excluding carboxylic acids is 1. The van der Waals surface area contributed by atoms with Crippen molar-refractivity contribution >= 4 is 11.6 Å². The maximum Gasteiger partial charge on any atom is 0.228 e. The molecule has 3 N–H and O–H groups in total. The smallest absolute Gasteiger partial charge is 0.228 e. The van der Waals surface area contributed by atoms with Crippen molar-refractivity contribution in [3.05, 3.63) is 65.2 Å². The Morgan fingerprint density at radius 1 is 1.05 bits per heavy atom. The fourth-order valence-corrected chi connectivity index (χ4v) is 1.94. The minimum atomic E-state index is -0.0234. The Hall–Kier alpha value is -2.13. The van der Waals surface area contributed by atoms with Crippen LogP contribution in [0.4, 0.5) is 5.69 Å². The van der Waals surface area contributed by atoms with E-state index in [2.05, 4.69) is 5.32 Å². The second-order valence-electron chi connectivity index (χ2n) is 4.56. The predicted molar refractivity (Wildman–Crippen MR) is 77.8 cm³/mol. The SMILES string of the molecule is Cc1ccc(NC(=O)Cc2ccccc2CN)cc1. The summed E-state index contributed by atoms with van der Waals surface area (Å²) in [4.78, 5) is 12.0. The van der Waals surface area contributed by atoms with Crippen molar-refractivity contribution in [3.8, 4) is 0 Å². The largest absolute Gasteiger partial charge is 0.326 e. The van der Waals surface area contributed by atoms with Crippen LogP contribution in [-0.2, 0) is 17.8 Å². The van der Waals surface area contributed by atoms with Crippen LogP contribution in [0.15, 0.2) is 48.5 Å². The molecular weight excluding hydrogens is 236 g/mol. The number of benzene rings is 2. The second-order valence-corrected chi connectivity index (χ2v) is 4.56. The number of nitrogens with one attached hydrogen (secondary N) is 1. The van der Waals surface area contributed by atoms with Gasteiger partial charge in [0.05, 0.1) is 6.42 Å². The standard InChI is InChI=1S/C16H18N2O/c1-12-6-8-15(9-7-12)18-16(19)10-13-4-2-3-5-14(13)11-17/h2-9H,10-11,17H2,1H3,(H,18,19). The second kappa shape index (κ2) is 6.16. The molecule has 19 heavy (non-hydrogen) atoms. The van der Waals surface area contributed by atoms with E-state index in [1.54, 1.807) is 0 Å². The third-order valence-electron chi connectivity index (χ3n) is 3.02. The molecule has 0 saturated heterocycles. The zero-order chi connectivity index (χ0) is 13.7. The van der Waals surface area contributed by atoms with E-state index in [0.29, 0.717) is 13.0 Å². The number of aryl methyl sites for hydroxylation is 1. The molecule has 0 aliphatic rings. The minimum absolute atomic E-state index is 0.0234. The molecule has 0 aromatic heterocycles. The van der Waals surface area contributed by atoms with Gasteiger partial charge in [0.1, 0.15) is 0 Å². The Balaban J connectivity index is 2.03. The monoisotopic (exact) mass is 254 g/mol. The molecular formula is C16H18N2O. The summed E-state index contributed by atoms with van der Waals surface area (Å²) in [6.45, 7) is 2.47. The molecule has 2 aromatic carbocycles. The summed E-state index contributed by atoms with van der Waals surface area (Å²) in [6, 6.07) is 15.5. The number of anilines is 1. The number of rotatable bonds is 4. The van der Waals surface area contributed by atoms with E-state index in [1.165, 1.54) is 5.56 Å². The van der Waals surface area contributed by atoms with Gasteiger partial charge < -0.3 is 11.1 Å². The van der Waals surface area contributed by atoms with E-state index in [1.807, 2.05) is 55.5 Å². The molecule has 0 bridgehead atoms. The van der Waals surface area contributed by atoms with Crippen LogP contribution in [0.1, 0.15) is 16.7 Å². The van der Waals surface area contributed by atoms with Crippen LogP contribution in [-0.4, -0.2) is 5.91 Å². The Morgan fingerprint density at radius 3 is 2.32 bits per heavy atom. The molecule has 0 heterocycles. The summed E-state index contributed by atoms with van der Waals surface area (Å²) in [5, 5.41) is 2.89. The molecule has 2 rings (SSSR count). The van der Waals surface area contributed by atoms with Gasteiger partial charge in [0.25, 0.3) is 0 Å². The molecule has 98 valence electrons. The van der Waals surface area contributed by atoms with Crippen molar-refractivity contribution in [1.82, 2.24) is 0 Å². The summed E-state index contributed by atoms with van der Waals surface area (Å²) in [6.07, 6.45) is 0.348. The number of nitrogens with two attached hydrogens (primary N) is 1. The van der Waals surface area contributed by atoms with Crippen LogP contribution in [0.3, 0.4) is 0 Å². The normalized spacial score (nSPS) is 10.2. The molecule has 0 spiro atoms. The summed E-state index contributed by atoms with van der Waals surface area (Å²) < 4.78 is 0. The van der Waals surface area contributed by atoms with Crippen molar-refractivity contribution in [2.45, 2.75) is 19.9 Å². The summed E-state index contributed by atoms with van der Waals surface area (Å²) in [5.41, 5.74) is 9.65. The third-order valence-corrected chi connectivity index (χ3v) is 3.02. The lowest BCUT2D eigenvalue weighted by Crippen LogP contribution is -2.16. The highest BCUT2D eigenvalue weighted by Gasteiger charge is 2.07. The van der Waals surface area contributed by atoms with Crippen LogP contribution >= 0.6 is 0 Å². The first-order valence-electron chi connectivity index (χ1n) is 6.32. The lowest BCUT2D eigenvalue weighted by molar-refractivity contribution is -0.115. The Bertz CT molecular complexity index is 561. The van der Waals surface area contributed by atoms with Crippen molar-refractivity contribution in [2.24, 2.45) is 5.73 Å². The van der Waals surface area contributed by atoms with Crippen LogP contribution < -0.4 is 11.1 Å². The highest BCUT2D eigenvalue weighted by molar-refractivity contribution is 5.92. The molecule has 0 atom stereocenters. The van der Waals surface area contributed by atoms with Crippen molar-refractivity contribution in [3.63, 3.8) is 0 Å². The van der Waals surface area contributed by atoms with Crippen molar-refractivity contribution in [2.75, 3.05) is 5.32 Å². The van der Waals surface area contributed by atoms with Gasteiger partial charge in [0.15, 0.2) is 0 Å². The zero-order valence-electron chi connectivity index (χ0n) is 11.0. The van der Waals surface area contributed by atoms with E-state index < -0.39 is 0 Å². The summed E-state index contributed by atoms with van der Waals surface area (Å²) >= 11 is 0. The first kappa shape index (κ1) is 13.3. The maximum atomic E-state index is 12.0. The molecule has 0 aliphatic heterocycles. The molecule has 0 fully saturated rings. The van der Waals surface area contributed by atoms with Gasteiger partial charge in [-0.2, -0.15) is 0 Å². The van der Waals surface area contributed by atoms with Gasteiger partial charge in [-0.05, 0) is 30.2 Å². The predicted octanol–water partition coefficient (Wildman–Crippen LogP) is 2.63. The average molecular weight is 254 g/mol. The lowest BCUT2D eigenvalue weighted by atomic mass is 10.0. The Morgan fingerprint density at radius 2 is 1.68 bits per heavy atom.